The van der Waals surface area contributed by atoms with E-state index in [-0.39, 0.29) is 12.0 Å². The number of hydroxylamine groups is 2. The SMILES string of the molecule is CON(C)C(=O)c1ccc(N2CCN(C(=O)OC(C)(C)C)CC2)cc1. The molecule has 0 bridgehead atoms. The summed E-state index contributed by atoms with van der Waals surface area (Å²) < 4.78 is 5.41. The lowest BCUT2D eigenvalue weighted by Crippen LogP contribution is -2.50. The smallest absolute Gasteiger partial charge is 0.410 e. The van der Waals surface area contributed by atoms with Crippen LogP contribution in [0.1, 0.15) is 31.1 Å². The highest BCUT2D eigenvalue weighted by atomic mass is 16.7. The summed E-state index contributed by atoms with van der Waals surface area (Å²) in [6, 6.07) is 7.40. The van der Waals surface area contributed by atoms with E-state index in [0.29, 0.717) is 18.7 Å². The maximum atomic E-state index is 12.1. The van der Waals surface area contributed by atoms with Gasteiger partial charge in [-0.2, -0.15) is 0 Å². The van der Waals surface area contributed by atoms with Gasteiger partial charge in [0.1, 0.15) is 5.60 Å². The van der Waals surface area contributed by atoms with Crippen LogP contribution in [0.4, 0.5) is 10.5 Å². The predicted molar refractivity (Wildman–Crippen MR) is 95.6 cm³/mol. The molecule has 2 rings (SSSR count). The zero-order chi connectivity index (χ0) is 18.6. The molecule has 138 valence electrons. The molecule has 2 amide bonds. The van der Waals surface area contributed by atoms with Crippen molar-refractivity contribution < 1.29 is 19.2 Å². The van der Waals surface area contributed by atoms with Crippen molar-refractivity contribution in [2.24, 2.45) is 0 Å². The largest absolute Gasteiger partial charge is 0.444 e. The van der Waals surface area contributed by atoms with Crippen molar-refractivity contribution in [1.29, 1.82) is 0 Å². The Hall–Kier alpha value is -2.28. The van der Waals surface area contributed by atoms with Crippen molar-refractivity contribution in [2.45, 2.75) is 26.4 Å². The Kier molecular flexibility index (Phi) is 5.89. The maximum absolute atomic E-state index is 12.1. The van der Waals surface area contributed by atoms with Crippen LogP contribution in [-0.4, -0.2) is 67.9 Å². The Morgan fingerprint density at radius 3 is 2.08 bits per heavy atom. The third-order valence-corrected chi connectivity index (χ3v) is 3.97. The van der Waals surface area contributed by atoms with Gasteiger partial charge in [-0.1, -0.05) is 0 Å². The Balaban J connectivity index is 1.92. The number of hydrogen-bond acceptors (Lipinski definition) is 5. The molecule has 25 heavy (non-hydrogen) atoms. The second-order valence-corrected chi connectivity index (χ2v) is 6.99. The fourth-order valence-corrected chi connectivity index (χ4v) is 2.55. The molecule has 1 aliphatic rings. The van der Waals surface area contributed by atoms with Gasteiger partial charge in [0.2, 0.25) is 0 Å². The van der Waals surface area contributed by atoms with Crippen LogP contribution in [0.25, 0.3) is 0 Å². The Labute approximate surface area is 149 Å². The molecular weight excluding hydrogens is 322 g/mol. The number of carbonyl (C=O) groups excluding carboxylic acids is 2. The van der Waals surface area contributed by atoms with Crippen molar-refractivity contribution in [3.8, 4) is 0 Å². The number of benzene rings is 1. The third-order valence-electron chi connectivity index (χ3n) is 3.97. The minimum Gasteiger partial charge on any atom is -0.444 e. The molecule has 0 radical (unpaired) electrons. The molecular formula is C18H27N3O4. The highest BCUT2D eigenvalue weighted by molar-refractivity contribution is 5.93. The monoisotopic (exact) mass is 349 g/mol. The molecule has 1 aromatic carbocycles. The van der Waals surface area contributed by atoms with Crippen LogP contribution >= 0.6 is 0 Å². The van der Waals surface area contributed by atoms with E-state index in [9.17, 15) is 9.59 Å². The molecule has 1 heterocycles. The predicted octanol–water partition coefficient (Wildman–Crippen LogP) is 2.38. The van der Waals surface area contributed by atoms with Crippen LogP contribution < -0.4 is 4.90 Å². The molecule has 7 heteroatoms. The summed E-state index contributed by atoms with van der Waals surface area (Å²) in [5, 5.41) is 1.19. The van der Waals surface area contributed by atoms with Gasteiger partial charge in [-0.15, -0.1) is 0 Å². The molecule has 7 nitrogen and oxygen atoms in total. The fraction of sp³-hybridized carbons (Fsp3) is 0.556. The van der Waals surface area contributed by atoms with E-state index >= 15 is 0 Å². The standard InChI is InChI=1S/C18H27N3O4/c1-18(2,3)25-17(23)21-12-10-20(11-13-21)15-8-6-14(7-9-15)16(22)19(4)24-5/h6-9H,10-13H2,1-5H3. The highest BCUT2D eigenvalue weighted by Gasteiger charge is 2.26. The van der Waals surface area contributed by atoms with Crippen LogP contribution in [0.15, 0.2) is 24.3 Å². The van der Waals surface area contributed by atoms with Gasteiger partial charge < -0.3 is 14.5 Å². The first-order chi connectivity index (χ1) is 11.7. The minimum atomic E-state index is -0.480. The quantitative estimate of drug-likeness (QED) is 0.784. The summed E-state index contributed by atoms with van der Waals surface area (Å²) in [6.45, 7) is 8.28. The van der Waals surface area contributed by atoms with E-state index in [4.69, 9.17) is 9.57 Å². The first-order valence-corrected chi connectivity index (χ1v) is 8.36. The number of ether oxygens (including phenoxy) is 1. The summed E-state index contributed by atoms with van der Waals surface area (Å²) in [5.41, 5.74) is 1.12. The Bertz CT molecular complexity index is 602. The number of amides is 2. The van der Waals surface area contributed by atoms with E-state index in [1.807, 2.05) is 32.9 Å². The summed E-state index contributed by atoms with van der Waals surface area (Å²) in [4.78, 5) is 32.9. The normalized spacial score (nSPS) is 15.1. The van der Waals surface area contributed by atoms with Gasteiger partial charge in [0, 0.05) is 44.5 Å². The fourth-order valence-electron chi connectivity index (χ4n) is 2.55. The molecule has 0 spiro atoms. The zero-order valence-corrected chi connectivity index (χ0v) is 15.6. The molecule has 1 aromatic rings. The lowest BCUT2D eigenvalue weighted by atomic mass is 10.1. The first-order valence-electron chi connectivity index (χ1n) is 8.36. The number of hydrogen-bond donors (Lipinski definition) is 0. The molecule has 0 saturated carbocycles. The summed E-state index contributed by atoms with van der Waals surface area (Å²) in [7, 11) is 3.03. The summed E-state index contributed by atoms with van der Waals surface area (Å²) >= 11 is 0. The maximum Gasteiger partial charge on any atom is 0.410 e. The average Bonchev–Trinajstić information content (AvgIpc) is 2.59. The molecule has 0 aromatic heterocycles. The summed E-state index contributed by atoms with van der Waals surface area (Å²) in [6.07, 6.45) is -0.268. The number of rotatable bonds is 3. The number of piperazine rings is 1. The van der Waals surface area contributed by atoms with Crippen molar-refractivity contribution in [3.63, 3.8) is 0 Å². The van der Waals surface area contributed by atoms with E-state index in [0.717, 1.165) is 18.8 Å². The van der Waals surface area contributed by atoms with Crippen molar-refractivity contribution in [3.05, 3.63) is 29.8 Å². The number of carbonyl (C=O) groups is 2. The average molecular weight is 349 g/mol. The van der Waals surface area contributed by atoms with E-state index in [1.165, 1.54) is 12.2 Å². The highest BCUT2D eigenvalue weighted by Crippen LogP contribution is 2.19. The molecule has 0 unspecified atom stereocenters. The van der Waals surface area contributed by atoms with Crippen LogP contribution in [0.5, 0.6) is 0 Å². The summed E-state index contributed by atoms with van der Waals surface area (Å²) in [5.74, 6) is -0.191. The second-order valence-electron chi connectivity index (χ2n) is 6.99. The van der Waals surface area contributed by atoms with Gasteiger partial charge in [-0.25, -0.2) is 9.86 Å². The lowest BCUT2D eigenvalue weighted by molar-refractivity contribution is -0.0756. The molecule has 1 aliphatic heterocycles. The Morgan fingerprint density at radius 1 is 1.04 bits per heavy atom. The number of anilines is 1. The van der Waals surface area contributed by atoms with Crippen LogP contribution in [0.2, 0.25) is 0 Å². The first kappa shape index (κ1) is 19.1. The van der Waals surface area contributed by atoms with Gasteiger partial charge in [-0.3, -0.25) is 9.63 Å². The van der Waals surface area contributed by atoms with Crippen LogP contribution in [-0.2, 0) is 9.57 Å². The van der Waals surface area contributed by atoms with Gasteiger partial charge in [-0.05, 0) is 45.0 Å². The topological polar surface area (TPSA) is 62.3 Å². The Morgan fingerprint density at radius 2 is 1.60 bits per heavy atom. The van der Waals surface area contributed by atoms with Gasteiger partial charge in [0.25, 0.3) is 5.91 Å². The lowest BCUT2D eigenvalue weighted by Gasteiger charge is -2.36. The zero-order valence-electron chi connectivity index (χ0n) is 15.6. The molecule has 0 aliphatic carbocycles. The molecule has 0 atom stereocenters. The molecule has 1 fully saturated rings. The third kappa shape index (κ3) is 5.09. The van der Waals surface area contributed by atoms with Gasteiger partial charge in [0.15, 0.2) is 0 Å². The van der Waals surface area contributed by atoms with E-state index in [2.05, 4.69) is 4.90 Å². The second kappa shape index (κ2) is 7.74. The van der Waals surface area contributed by atoms with E-state index in [1.54, 1.807) is 24.1 Å². The van der Waals surface area contributed by atoms with Gasteiger partial charge >= 0.3 is 6.09 Å². The minimum absolute atomic E-state index is 0.191. The number of nitrogens with zero attached hydrogens (tertiary/aromatic N) is 3. The van der Waals surface area contributed by atoms with Crippen molar-refractivity contribution >= 4 is 17.7 Å². The molecule has 0 N–H and O–H groups in total. The van der Waals surface area contributed by atoms with Crippen molar-refractivity contribution in [2.75, 3.05) is 45.2 Å². The van der Waals surface area contributed by atoms with Crippen LogP contribution in [0.3, 0.4) is 0 Å². The molecule has 1 saturated heterocycles. The van der Waals surface area contributed by atoms with Crippen molar-refractivity contribution in [1.82, 2.24) is 9.96 Å². The van der Waals surface area contributed by atoms with E-state index < -0.39 is 5.60 Å². The van der Waals surface area contributed by atoms with Crippen LogP contribution in [0, 0.1) is 0 Å². The van der Waals surface area contributed by atoms with Gasteiger partial charge in [0.05, 0.1) is 7.11 Å².